The maximum absolute atomic E-state index is 11.2. The Morgan fingerprint density at radius 2 is 1.03 bits per heavy atom. The van der Waals surface area contributed by atoms with Crippen LogP contribution in [0.3, 0.4) is 0 Å². The normalized spacial score (nSPS) is 20.6. The third-order valence-electron chi connectivity index (χ3n) is 5.64. The second kappa shape index (κ2) is 17.2. The van der Waals surface area contributed by atoms with Gasteiger partial charge in [-0.3, -0.25) is 24.3 Å². The first-order chi connectivity index (χ1) is 16.1. The fourth-order valence-electron chi connectivity index (χ4n) is 4.44. The van der Waals surface area contributed by atoms with Crippen molar-refractivity contribution in [3.05, 3.63) is 0 Å². The number of hydrogen-bond donors (Lipinski definition) is 2. The number of hydrogen-bond acceptors (Lipinski definition) is 8. The topological polar surface area (TPSA) is 112 Å². The van der Waals surface area contributed by atoms with Crippen molar-refractivity contribution in [3.8, 4) is 0 Å². The average Bonchev–Trinajstić information content (AvgIpc) is 2.69. The van der Waals surface area contributed by atoms with E-state index in [4.69, 9.17) is 14.2 Å². The minimum Gasteiger partial charge on any atom is -0.480 e. The Morgan fingerprint density at radius 1 is 0.706 bits per heavy atom. The second-order valence-corrected chi connectivity index (χ2v) is 10.2. The molecule has 0 aromatic carbocycles. The van der Waals surface area contributed by atoms with E-state index < -0.39 is 11.9 Å². The van der Waals surface area contributed by atoms with Crippen molar-refractivity contribution in [2.45, 2.75) is 34.1 Å². The third kappa shape index (κ3) is 16.3. The van der Waals surface area contributed by atoms with Crippen LogP contribution in [0.1, 0.15) is 34.1 Å². The SMILES string of the molecule is CC(C)CC(C)(C)CN1CCOCCN(CC(=O)O)CCOCCN(CC(=O)O)CCOCC1. The van der Waals surface area contributed by atoms with Gasteiger partial charge < -0.3 is 24.4 Å². The van der Waals surface area contributed by atoms with E-state index in [1.807, 2.05) is 0 Å². The first-order valence-electron chi connectivity index (χ1n) is 12.4. The molecule has 10 heteroatoms. The molecular formula is C24H47N3O7. The zero-order valence-corrected chi connectivity index (χ0v) is 21.7. The maximum Gasteiger partial charge on any atom is 0.317 e. The highest BCUT2D eigenvalue weighted by atomic mass is 16.5. The Labute approximate surface area is 205 Å². The number of ether oxygens (including phenoxy) is 3. The fraction of sp³-hybridized carbons (Fsp3) is 0.917. The molecular weight excluding hydrogens is 442 g/mol. The number of carboxylic acids is 2. The highest BCUT2D eigenvalue weighted by molar-refractivity contribution is 5.69. The quantitative estimate of drug-likeness (QED) is 0.516. The van der Waals surface area contributed by atoms with Crippen LogP contribution in [0.2, 0.25) is 0 Å². The molecule has 0 unspecified atom stereocenters. The zero-order chi connectivity index (χ0) is 25.4. The molecule has 0 spiro atoms. The van der Waals surface area contributed by atoms with Gasteiger partial charge in [0.15, 0.2) is 0 Å². The highest BCUT2D eigenvalue weighted by Gasteiger charge is 2.23. The fourth-order valence-corrected chi connectivity index (χ4v) is 4.44. The minimum absolute atomic E-state index is 0.0648. The second-order valence-electron chi connectivity index (χ2n) is 10.2. The zero-order valence-electron chi connectivity index (χ0n) is 21.7. The van der Waals surface area contributed by atoms with Gasteiger partial charge in [0.2, 0.25) is 0 Å². The molecule has 200 valence electrons. The first-order valence-corrected chi connectivity index (χ1v) is 12.4. The van der Waals surface area contributed by atoms with Gasteiger partial charge in [-0.15, -0.1) is 0 Å². The Hall–Kier alpha value is -1.30. The van der Waals surface area contributed by atoms with Crippen molar-refractivity contribution in [1.82, 2.24) is 14.7 Å². The van der Waals surface area contributed by atoms with Gasteiger partial charge in [0.1, 0.15) is 0 Å². The predicted molar refractivity (Wildman–Crippen MR) is 130 cm³/mol. The van der Waals surface area contributed by atoms with Gasteiger partial charge in [-0.2, -0.15) is 0 Å². The summed E-state index contributed by atoms with van der Waals surface area (Å²) in [4.78, 5) is 28.4. The lowest BCUT2D eigenvalue weighted by Gasteiger charge is -2.34. The molecule has 1 aliphatic rings. The van der Waals surface area contributed by atoms with E-state index in [2.05, 4.69) is 32.6 Å². The van der Waals surface area contributed by atoms with Crippen molar-refractivity contribution in [1.29, 1.82) is 0 Å². The van der Waals surface area contributed by atoms with Gasteiger partial charge >= 0.3 is 11.9 Å². The summed E-state index contributed by atoms with van der Waals surface area (Å²) in [5, 5.41) is 18.4. The van der Waals surface area contributed by atoms with Crippen molar-refractivity contribution >= 4 is 11.9 Å². The summed E-state index contributed by atoms with van der Waals surface area (Å²) < 4.78 is 17.3. The summed E-state index contributed by atoms with van der Waals surface area (Å²) in [7, 11) is 0. The van der Waals surface area contributed by atoms with E-state index in [9.17, 15) is 19.8 Å². The summed E-state index contributed by atoms with van der Waals surface area (Å²) in [5.74, 6) is -1.14. The van der Waals surface area contributed by atoms with Crippen LogP contribution < -0.4 is 0 Å². The standard InChI is InChI=1S/C24H47N3O7/c1-21(2)17-24(3,4)20-27-9-15-33-13-7-25(18-22(28)29)5-11-32-12-6-26(19-23(30)31)8-14-34-16-10-27/h21H,5-20H2,1-4H3,(H,28,29)(H,30,31). The van der Waals surface area contributed by atoms with Crippen LogP contribution in [0.25, 0.3) is 0 Å². The molecule has 0 aliphatic carbocycles. The van der Waals surface area contributed by atoms with E-state index in [-0.39, 0.29) is 18.5 Å². The van der Waals surface area contributed by atoms with Crippen LogP contribution in [0.15, 0.2) is 0 Å². The molecule has 1 rings (SSSR count). The number of aliphatic carboxylic acids is 2. The van der Waals surface area contributed by atoms with E-state index in [1.165, 1.54) is 0 Å². The monoisotopic (exact) mass is 489 g/mol. The molecule has 10 nitrogen and oxygen atoms in total. The largest absolute Gasteiger partial charge is 0.480 e. The van der Waals surface area contributed by atoms with Gasteiger partial charge in [-0.25, -0.2) is 0 Å². The third-order valence-corrected chi connectivity index (χ3v) is 5.64. The molecule has 0 atom stereocenters. The number of nitrogens with zero attached hydrogens (tertiary/aromatic N) is 3. The molecule has 0 bridgehead atoms. The molecule has 1 fully saturated rings. The molecule has 0 radical (unpaired) electrons. The Balaban J connectivity index is 2.73. The molecule has 34 heavy (non-hydrogen) atoms. The molecule has 2 N–H and O–H groups in total. The van der Waals surface area contributed by atoms with Gasteiger partial charge in [-0.05, 0) is 17.8 Å². The van der Waals surface area contributed by atoms with Crippen LogP contribution in [0.5, 0.6) is 0 Å². The van der Waals surface area contributed by atoms with Crippen molar-refractivity contribution < 1.29 is 34.0 Å². The molecule has 0 aromatic rings. The minimum atomic E-state index is -0.881. The Morgan fingerprint density at radius 3 is 1.32 bits per heavy atom. The van der Waals surface area contributed by atoms with E-state index >= 15 is 0 Å². The number of carbonyl (C=O) groups is 2. The van der Waals surface area contributed by atoms with Crippen LogP contribution in [-0.2, 0) is 23.8 Å². The van der Waals surface area contributed by atoms with Crippen LogP contribution in [0, 0.1) is 11.3 Å². The van der Waals surface area contributed by atoms with Gasteiger partial charge in [0.05, 0.1) is 52.7 Å². The molecule has 0 saturated carbocycles. The number of rotatable bonds is 8. The van der Waals surface area contributed by atoms with Gasteiger partial charge in [0.25, 0.3) is 0 Å². The summed E-state index contributed by atoms with van der Waals surface area (Å²) in [5.41, 5.74) is 0.168. The van der Waals surface area contributed by atoms with Gasteiger partial charge in [0, 0.05) is 45.8 Å². The highest BCUT2D eigenvalue weighted by Crippen LogP contribution is 2.26. The van der Waals surface area contributed by atoms with Crippen LogP contribution in [-0.4, -0.2) is 135 Å². The first kappa shape index (κ1) is 30.7. The Kier molecular flexibility index (Phi) is 15.5. The lowest BCUT2D eigenvalue weighted by molar-refractivity contribution is -0.139. The molecule has 1 aliphatic heterocycles. The number of carboxylic acid groups (broad SMARTS) is 2. The van der Waals surface area contributed by atoms with Crippen LogP contribution in [0.4, 0.5) is 0 Å². The van der Waals surface area contributed by atoms with E-state index in [0.29, 0.717) is 71.7 Å². The lowest BCUT2D eigenvalue weighted by Crippen LogP contribution is -2.40. The summed E-state index contributed by atoms with van der Waals surface area (Å²) in [6.07, 6.45) is 1.13. The lowest BCUT2D eigenvalue weighted by atomic mass is 9.83. The molecule has 0 amide bonds. The van der Waals surface area contributed by atoms with Crippen molar-refractivity contribution in [2.24, 2.45) is 11.3 Å². The average molecular weight is 490 g/mol. The van der Waals surface area contributed by atoms with Crippen LogP contribution >= 0.6 is 0 Å². The van der Waals surface area contributed by atoms with E-state index in [1.54, 1.807) is 9.80 Å². The molecule has 1 heterocycles. The predicted octanol–water partition coefficient (Wildman–Crippen LogP) is 1.20. The van der Waals surface area contributed by atoms with Crippen molar-refractivity contribution in [2.75, 3.05) is 98.5 Å². The van der Waals surface area contributed by atoms with E-state index in [0.717, 1.165) is 26.1 Å². The summed E-state index contributed by atoms with van der Waals surface area (Å²) in [6.45, 7) is 16.2. The summed E-state index contributed by atoms with van der Waals surface area (Å²) >= 11 is 0. The maximum atomic E-state index is 11.2. The Bertz CT molecular complexity index is 539. The van der Waals surface area contributed by atoms with Gasteiger partial charge in [-0.1, -0.05) is 27.7 Å². The summed E-state index contributed by atoms with van der Waals surface area (Å²) in [6, 6.07) is 0. The molecule has 0 aromatic heterocycles. The molecule has 1 saturated heterocycles. The van der Waals surface area contributed by atoms with Crippen molar-refractivity contribution in [3.63, 3.8) is 0 Å². The smallest absolute Gasteiger partial charge is 0.317 e.